The minimum atomic E-state index is -3.60. The molecule has 2 aromatic rings. The average Bonchev–Trinajstić information content (AvgIpc) is 2.64. The van der Waals surface area contributed by atoms with Crippen LogP contribution in [-0.4, -0.2) is 34.2 Å². The van der Waals surface area contributed by atoms with Crippen molar-refractivity contribution in [2.75, 3.05) is 24.2 Å². The summed E-state index contributed by atoms with van der Waals surface area (Å²) in [6.45, 7) is 3.87. The third-order valence-corrected chi connectivity index (χ3v) is 5.40. The maximum atomic E-state index is 12.4. The molecule has 0 heterocycles. The van der Waals surface area contributed by atoms with Crippen LogP contribution in [0.25, 0.3) is 0 Å². The third-order valence-electron chi connectivity index (χ3n) is 4.29. The number of nitrogens with zero attached hydrogens (tertiary/aromatic N) is 1. The van der Waals surface area contributed by atoms with Gasteiger partial charge in [-0.05, 0) is 42.2 Å². The Bertz CT molecular complexity index is 893. The molecule has 0 spiro atoms. The van der Waals surface area contributed by atoms with E-state index in [2.05, 4.69) is 5.32 Å². The van der Waals surface area contributed by atoms with E-state index in [-0.39, 0.29) is 12.5 Å². The summed E-state index contributed by atoms with van der Waals surface area (Å²) in [5.74, 6) is 0.376. The number of benzene rings is 2. The van der Waals surface area contributed by atoms with Crippen LogP contribution in [0.5, 0.6) is 5.75 Å². The van der Waals surface area contributed by atoms with E-state index in [9.17, 15) is 13.2 Å². The van der Waals surface area contributed by atoms with Gasteiger partial charge in [-0.3, -0.25) is 9.10 Å². The maximum Gasteiger partial charge on any atom is 0.241 e. The average molecular weight is 391 g/mol. The first-order valence-corrected chi connectivity index (χ1v) is 10.6. The Labute approximate surface area is 161 Å². The molecular formula is C20H26N2O4S. The van der Waals surface area contributed by atoms with Gasteiger partial charge in [0.1, 0.15) is 12.3 Å². The number of sulfonamides is 1. The quantitative estimate of drug-likeness (QED) is 0.752. The van der Waals surface area contributed by atoms with Crippen molar-refractivity contribution >= 4 is 21.6 Å². The number of amides is 1. The summed E-state index contributed by atoms with van der Waals surface area (Å²) in [6, 6.07) is 12.9. The number of nitrogens with one attached hydrogen (secondary N) is 1. The monoisotopic (exact) mass is 390 g/mol. The highest BCUT2D eigenvalue weighted by molar-refractivity contribution is 7.92. The van der Waals surface area contributed by atoms with Crippen LogP contribution < -0.4 is 14.4 Å². The van der Waals surface area contributed by atoms with E-state index in [0.29, 0.717) is 18.7 Å². The largest absolute Gasteiger partial charge is 0.497 e. The van der Waals surface area contributed by atoms with Crippen LogP contribution in [0.15, 0.2) is 42.5 Å². The molecule has 0 bridgehead atoms. The first kappa shape index (κ1) is 20.8. The van der Waals surface area contributed by atoms with Crippen molar-refractivity contribution in [3.63, 3.8) is 0 Å². The Balaban J connectivity index is 2.16. The smallest absolute Gasteiger partial charge is 0.241 e. The summed E-state index contributed by atoms with van der Waals surface area (Å²) >= 11 is 0. The molecule has 0 aliphatic rings. The first-order valence-electron chi connectivity index (χ1n) is 8.72. The molecule has 0 saturated heterocycles. The fourth-order valence-corrected chi connectivity index (χ4v) is 3.80. The Kier molecular flexibility index (Phi) is 6.85. The third kappa shape index (κ3) is 5.47. The van der Waals surface area contributed by atoms with Crippen molar-refractivity contribution in [2.24, 2.45) is 0 Å². The number of methoxy groups -OCH3 is 1. The number of aryl methyl sites for hydroxylation is 2. The van der Waals surface area contributed by atoms with Crippen LogP contribution in [0.2, 0.25) is 0 Å². The lowest BCUT2D eigenvalue weighted by Crippen LogP contribution is -2.41. The maximum absolute atomic E-state index is 12.4. The summed E-state index contributed by atoms with van der Waals surface area (Å²) in [5, 5.41) is 2.78. The van der Waals surface area contributed by atoms with Crippen LogP contribution in [0.4, 0.5) is 5.69 Å². The van der Waals surface area contributed by atoms with Gasteiger partial charge < -0.3 is 10.1 Å². The van der Waals surface area contributed by atoms with E-state index in [0.717, 1.165) is 28.7 Å². The molecule has 0 atom stereocenters. The highest BCUT2D eigenvalue weighted by Crippen LogP contribution is 2.27. The SMILES string of the molecule is CCc1cccc(C)c1N(CC(=O)NCc1ccc(OC)cc1)S(C)(=O)=O. The lowest BCUT2D eigenvalue weighted by Gasteiger charge is -2.26. The highest BCUT2D eigenvalue weighted by Gasteiger charge is 2.24. The number of carbonyl (C=O) groups excluding carboxylic acids is 1. The number of hydrogen-bond acceptors (Lipinski definition) is 4. The van der Waals surface area contributed by atoms with Gasteiger partial charge in [0.2, 0.25) is 15.9 Å². The van der Waals surface area contributed by atoms with Gasteiger partial charge in [-0.2, -0.15) is 0 Å². The second kappa shape index (κ2) is 8.90. The molecule has 0 radical (unpaired) electrons. The van der Waals surface area contributed by atoms with Gasteiger partial charge in [0.25, 0.3) is 0 Å². The molecule has 0 aliphatic carbocycles. The molecule has 2 aromatic carbocycles. The molecule has 6 nitrogen and oxygen atoms in total. The number of anilines is 1. The van der Waals surface area contributed by atoms with Crippen LogP contribution in [0, 0.1) is 6.92 Å². The molecule has 1 amide bonds. The molecule has 27 heavy (non-hydrogen) atoms. The lowest BCUT2D eigenvalue weighted by atomic mass is 10.1. The second-order valence-electron chi connectivity index (χ2n) is 6.33. The minimum Gasteiger partial charge on any atom is -0.497 e. The molecular weight excluding hydrogens is 364 g/mol. The highest BCUT2D eigenvalue weighted by atomic mass is 32.2. The molecule has 7 heteroatoms. The normalized spacial score (nSPS) is 11.1. The molecule has 1 N–H and O–H groups in total. The van der Waals surface area contributed by atoms with Crippen molar-refractivity contribution in [1.82, 2.24) is 5.32 Å². The second-order valence-corrected chi connectivity index (χ2v) is 8.24. The van der Waals surface area contributed by atoms with Gasteiger partial charge in [0, 0.05) is 6.54 Å². The summed E-state index contributed by atoms with van der Waals surface area (Å²) < 4.78 is 31.0. The predicted octanol–water partition coefficient (Wildman–Crippen LogP) is 2.65. The summed E-state index contributed by atoms with van der Waals surface area (Å²) in [4.78, 5) is 12.4. The molecule has 2 rings (SSSR count). The van der Waals surface area contributed by atoms with Gasteiger partial charge in [-0.1, -0.05) is 37.3 Å². The first-order chi connectivity index (χ1) is 12.8. The fraction of sp³-hybridized carbons (Fsp3) is 0.350. The van der Waals surface area contributed by atoms with Gasteiger partial charge >= 0.3 is 0 Å². The Hall–Kier alpha value is -2.54. The zero-order valence-corrected chi connectivity index (χ0v) is 17.0. The van der Waals surface area contributed by atoms with Crippen LogP contribution in [0.3, 0.4) is 0 Å². The topological polar surface area (TPSA) is 75.7 Å². The van der Waals surface area contributed by atoms with E-state index in [1.54, 1.807) is 7.11 Å². The number of carbonyl (C=O) groups is 1. The number of rotatable bonds is 8. The van der Waals surface area contributed by atoms with Crippen LogP contribution in [0.1, 0.15) is 23.6 Å². The Morgan fingerprint density at radius 3 is 2.37 bits per heavy atom. The summed E-state index contributed by atoms with van der Waals surface area (Å²) in [5.41, 5.74) is 3.20. The lowest BCUT2D eigenvalue weighted by molar-refractivity contribution is -0.119. The number of para-hydroxylation sites is 1. The number of hydrogen-bond donors (Lipinski definition) is 1. The molecule has 146 valence electrons. The molecule has 0 aliphatic heterocycles. The van der Waals surface area contributed by atoms with E-state index in [1.165, 1.54) is 4.31 Å². The zero-order valence-electron chi connectivity index (χ0n) is 16.2. The van der Waals surface area contributed by atoms with Crippen LogP contribution >= 0.6 is 0 Å². The van der Waals surface area contributed by atoms with E-state index in [4.69, 9.17) is 4.74 Å². The van der Waals surface area contributed by atoms with Crippen molar-refractivity contribution in [3.05, 3.63) is 59.2 Å². The zero-order chi connectivity index (χ0) is 20.0. The molecule has 0 fully saturated rings. The van der Waals surface area contributed by atoms with Crippen LogP contribution in [-0.2, 0) is 27.8 Å². The van der Waals surface area contributed by atoms with Gasteiger partial charge in [-0.25, -0.2) is 8.42 Å². The van der Waals surface area contributed by atoms with E-state index >= 15 is 0 Å². The van der Waals surface area contributed by atoms with E-state index < -0.39 is 10.0 Å². The minimum absolute atomic E-state index is 0.257. The standard InChI is InChI=1S/C20H26N2O4S/c1-5-17-8-6-7-15(2)20(17)22(27(4,24)25)14-19(23)21-13-16-9-11-18(26-3)12-10-16/h6-12H,5,13-14H2,1-4H3,(H,21,23). The summed E-state index contributed by atoms with van der Waals surface area (Å²) in [6.07, 6.45) is 1.80. The molecule has 0 saturated carbocycles. The van der Waals surface area contributed by atoms with Gasteiger partial charge in [0.05, 0.1) is 19.1 Å². The van der Waals surface area contributed by atoms with Crippen molar-refractivity contribution in [2.45, 2.75) is 26.8 Å². The van der Waals surface area contributed by atoms with Crippen molar-refractivity contribution in [3.8, 4) is 5.75 Å². The summed E-state index contributed by atoms with van der Waals surface area (Å²) in [7, 11) is -2.01. The van der Waals surface area contributed by atoms with E-state index in [1.807, 2.05) is 56.3 Å². The fourth-order valence-electron chi connectivity index (χ4n) is 2.85. The molecule has 0 aromatic heterocycles. The van der Waals surface area contributed by atoms with Gasteiger partial charge in [0.15, 0.2) is 0 Å². The Morgan fingerprint density at radius 2 is 1.81 bits per heavy atom. The molecule has 0 unspecified atom stereocenters. The Morgan fingerprint density at radius 1 is 1.15 bits per heavy atom. The predicted molar refractivity (Wildman–Crippen MR) is 108 cm³/mol. The van der Waals surface area contributed by atoms with Crippen molar-refractivity contribution in [1.29, 1.82) is 0 Å². The van der Waals surface area contributed by atoms with Crippen molar-refractivity contribution < 1.29 is 17.9 Å². The van der Waals surface area contributed by atoms with Gasteiger partial charge in [-0.15, -0.1) is 0 Å². The number of ether oxygens (including phenoxy) is 1.